The summed E-state index contributed by atoms with van der Waals surface area (Å²) in [6.45, 7) is 6.58. The molecule has 0 spiro atoms. The van der Waals surface area contributed by atoms with E-state index >= 15 is 0 Å². The molecule has 0 aromatic heterocycles. The van der Waals surface area contributed by atoms with Crippen LogP contribution in [0.1, 0.15) is 40.0 Å². The molecule has 0 bridgehead atoms. The quantitative estimate of drug-likeness (QED) is 0.265. The SMILES string of the molecule is CC(C)(C)CCCC=O.[K+].[PH2-]. The maximum Gasteiger partial charge on any atom is 1.00 e. The van der Waals surface area contributed by atoms with E-state index in [1.54, 1.807) is 0 Å². The molecule has 0 rings (SSSR count). The molecule has 11 heavy (non-hydrogen) atoms. The van der Waals surface area contributed by atoms with Gasteiger partial charge in [0.1, 0.15) is 6.29 Å². The second kappa shape index (κ2) is 9.82. The fraction of sp³-hybridized carbons (Fsp3) is 0.875. The zero-order valence-corrected chi connectivity index (χ0v) is 12.5. The van der Waals surface area contributed by atoms with Gasteiger partial charge in [-0.2, -0.15) is 0 Å². The van der Waals surface area contributed by atoms with E-state index < -0.39 is 0 Å². The zero-order chi connectivity index (χ0) is 7.33. The maximum atomic E-state index is 9.89. The van der Waals surface area contributed by atoms with Gasteiger partial charge in [-0.1, -0.05) is 20.8 Å². The Morgan fingerprint density at radius 2 is 1.73 bits per heavy atom. The Labute approximate surface area is 116 Å². The number of hydrogen-bond donors (Lipinski definition) is 0. The Hall–Kier alpha value is 1.74. The van der Waals surface area contributed by atoms with Crippen molar-refractivity contribution in [2.45, 2.75) is 40.0 Å². The van der Waals surface area contributed by atoms with Crippen LogP contribution in [0.3, 0.4) is 0 Å². The van der Waals surface area contributed by atoms with Crippen LogP contribution in [0.15, 0.2) is 0 Å². The van der Waals surface area contributed by atoms with E-state index in [2.05, 4.69) is 20.8 Å². The summed E-state index contributed by atoms with van der Waals surface area (Å²) in [6.07, 6.45) is 3.89. The fourth-order valence-electron chi connectivity index (χ4n) is 0.716. The first kappa shape index (κ1) is 18.5. The number of hydrogen-bond acceptors (Lipinski definition) is 1. The van der Waals surface area contributed by atoms with Crippen LogP contribution in [-0.4, -0.2) is 6.29 Å². The average molecular weight is 200 g/mol. The molecule has 0 unspecified atom stereocenters. The normalized spacial score (nSPS) is 9.36. The van der Waals surface area contributed by atoms with Gasteiger partial charge < -0.3 is 14.7 Å². The number of carbonyl (C=O) groups is 1. The standard InChI is InChI=1S/C8H16O.K.H2P/c1-8(2,3)6-4-5-7-9;;/h7H,4-6H2,1-3H3;;1H2/q;+1;-1. The summed E-state index contributed by atoms with van der Waals surface area (Å²) in [4.78, 5) is 9.89. The Balaban J connectivity index is -0.000000320. The van der Waals surface area contributed by atoms with Crippen molar-refractivity contribution in [3.8, 4) is 0 Å². The predicted molar refractivity (Wildman–Crippen MR) is 49.1 cm³/mol. The van der Waals surface area contributed by atoms with Crippen LogP contribution in [0.4, 0.5) is 0 Å². The number of unbranched alkanes of at least 4 members (excludes halogenated alkanes) is 1. The van der Waals surface area contributed by atoms with Gasteiger partial charge in [0.25, 0.3) is 0 Å². The predicted octanol–water partition coefficient (Wildman–Crippen LogP) is -0.269. The first-order chi connectivity index (χ1) is 4.06. The molecule has 0 aliphatic heterocycles. The Morgan fingerprint density at radius 1 is 1.27 bits per heavy atom. The topological polar surface area (TPSA) is 17.1 Å². The van der Waals surface area contributed by atoms with E-state index in [0.717, 1.165) is 25.5 Å². The van der Waals surface area contributed by atoms with Crippen LogP contribution in [0.5, 0.6) is 0 Å². The van der Waals surface area contributed by atoms with Gasteiger partial charge in [0.15, 0.2) is 0 Å². The Kier molecular flexibility index (Phi) is 16.5. The smallest absolute Gasteiger partial charge is 0.577 e. The van der Waals surface area contributed by atoms with Crippen molar-refractivity contribution in [1.82, 2.24) is 0 Å². The largest absolute Gasteiger partial charge is 1.00 e. The van der Waals surface area contributed by atoms with E-state index in [9.17, 15) is 4.79 Å². The van der Waals surface area contributed by atoms with Crippen LogP contribution >= 0.6 is 9.90 Å². The van der Waals surface area contributed by atoms with Crippen LogP contribution < -0.4 is 51.4 Å². The van der Waals surface area contributed by atoms with Gasteiger partial charge in [-0.05, 0) is 18.3 Å². The third kappa shape index (κ3) is 18.6. The summed E-state index contributed by atoms with van der Waals surface area (Å²) in [7, 11) is 0. The van der Waals surface area contributed by atoms with Gasteiger partial charge in [-0.25, -0.2) is 0 Å². The van der Waals surface area contributed by atoms with Crippen molar-refractivity contribution in [2.24, 2.45) is 5.41 Å². The van der Waals surface area contributed by atoms with E-state index in [-0.39, 0.29) is 61.3 Å². The minimum atomic E-state index is 0. The third-order valence-corrected chi connectivity index (χ3v) is 1.25. The van der Waals surface area contributed by atoms with Crippen molar-refractivity contribution >= 4 is 16.2 Å². The molecule has 3 heteroatoms. The molecular formula is C8H18KOP. The molecule has 0 amide bonds. The molecule has 0 aromatic carbocycles. The average Bonchev–Trinajstić information content (AvgIpc) is 1.63. The molecule has 62 valence electrons. The van der Waals surface area contributed by atoms with E-state index in [4.69, 9.17) is 0 Å². The first-order valence-electron chi connectivity index (χ1n) is 3.50. The summed E-state index contributed by atoms with van der Waals surface area (Å²) < 4.78 is 0. The van der Waals surface area contributed by atoms with Gasteiger partial charge in [-0.15, -0.1) is 0 Å². The number of aldehydes is 1. The minimum absolute atomic E-state index is 0. The van der Waals surface area contributed by atoms with Crippen LogP contribution in [0.25, 0.3) is 0 Å². The molecule has 0 heterocycles. The molecule has 0 aromatic rings. The second-order valence-corrected chi connectivity index (χ2v) is 3.62. The molecule has 0 saturated carbocycles. The third-order valence-electron chi connectivity index (χ3n) is 1.25. The van der Waals surface area contributed by atoms with Gasteiger partial charge in [0, 0.05) is 6.42 Å². The van der Waals surface area contributed by atoms with Crippen molar-refractivity contribution in [2.75, 3.05) is 0 Å². The van der Waals surface area contributed by atoms with Gasteiger partial charge in [0.2, 0.25) is 0 Å². The number of rotatable bonds is 3. The Bertz CT molecular complexity index is 88.6. The molecule has 0 saturated heterocycles. The first-order valence-corrected chi connectivity index (χ1v) is 3.50. The Morgan fingerprint density at radius 3 is 2.00 bits per heavy atom. The van der Waals surface area contributed by atoms with Gasteiger partial charge in [0.05, 0.1) is 0 Å². The minimum Gasteiger partial charge on any atom is -0.577 e. The zero-order valence-electron chi connectivity index (χ0n) is 8.18. The van der Waals surface area contributed by atoms with E-state index in [0.29, 0.717) is 5.41 Å². The molecular weight excluding hydrogens is 182 g/mol. The molecule has 0 aliphatic rings. The van der Waals surface area contributed by atoms with Crippen molar-refractivity contribution < 1.29 is 56.2 Å². The molecule has 0 N–H and O–H groups in total. The van der Waals surface area contributed by atoms with Crippen LogP contribution in [-0.2, 0) is 4.79 Å². The van der Waals surface area contributed by atoms with Crippen LogP contribution in [0, 0.1) is 5.41 Å². The van der Waals surface area contributed by atoms with Gasteiger partial charge >= 0.3 is 51.4 Å². The monoisotopic (exact) mass is 200 g/mol. The fourth-order valence-corrected chi connectivity index (χ4v) is 0.716. The van der Waals surface area contributed by atoms with Crippen LogP contribution in [0.2, 0.25) is 0 Å². The van der Waals surface area contributed by atoms with E-state index in [1.807, 2.05) is 0 Å². The molecule has 0 radical (unpaired) electrons. The summed E-state index contributed by atoms with van der Waals surface area (Å²) in [5.41, 5.74) is 0.392. The van der Waals surface area contributed by atoms with Crippen molar-refractivity contribution in [1.29, 1.82) is 0 Å². The van der Waals surface area contributed by atoms with Crippen molar-refractivity contribution in [3.05, 3.63) is 0 Å². The molecule has 1 nitrogen and oxygen atoms in total. The second-order valence-electron chi connectivity index (χ2n) is 3.62. The van der Waals surface area contributed by atoms with Crippen molar-refractivity contribution in [3.63, 3.8) is 0 Å². The summed E-state index contributed by atoms with van der Waals surface area (Å²) >= 11 is 0. The molecule has 0 fully saturated rings. The van der Waals surface area contributed by atoms with Gasteiger partial charge in [-0.3, -0.25) is 0 Å². The number of carbonyl (C=O) groups excluding carboxylic acids is 1. The summed E-state index contributed by atoms with van der Waals surface area (Å²) in [5, 5.41) is 0. The summed E-state index contributed by atoms with van der Waals surface area (Å²) in [6, 6.07) is 0. The maximum absolute atomic E-state index is 9.89. The summed E-state index contributed by atoms with van der Waals surface area (Å²) in [5.74, 6) is 0. The molecule has 0 aliphatic carbocycles. The van der Waals surface area contributed by atoms with E-state index in [1.165, 1.54) is 0 Å². The molecule has 0 atom stereocenters.